The van der Waals surface area contributed by atoms with Gasteiger partial charge in [0.1, 0.15) is 11.7 Å². The lowest BCUT2D eigenvalue weighted by molar-refractivity contribution is -0.165. The molecule has 11 nitrogen and oxygen atoms in total. The first-order valence-electron chi connectivity index (χ1n) is 9.70. The van der Waals surface area contributed by atoms with E-state index in [-0.39, 0.29) is 23.8 Å². The topological polar surface area (TPSA) is 187 Å². The molecule has 0 saturated carbocycles. The normalized spacial score (nSPS) is 17.9. The molecule has 1 aromatic carbocycles. The molecule has 1 aliphatic heterocycles. The van der Waals surface area contributed by atoms with Crippen molar-refractivity contribution in [1.82, 2.24) is 15.4 Å². The van der Waals surface area contributed by atoms with Crippen molar-refractivity contribution in [1.29, 1.82) is 5.41 Å². The second-order valence-corrected chi connectivity index (χ2v) is 7.09. The maximum Gasteiger partial charge on any atom is 0.390 e. The van der Waals surface area contributed by atoms with Gasteiger partial charge in [0.05, 0.1) is 11.5 Å². The van der Waals surface area contributed by atoms with Crippen LogP contribution in [0.2, 0.25) is 0 Å². The van der Waals surface area contributed by atoms with E-state index in [1.807, 2.05) is 6.92 Å². The van der Waals surface area contributed by atoms with Gasteiger partial charge in [-0.25, -0.2) is 9.97 Å². The quantitative estimate of drug-likeness (QED) is 0.157. The Balaban J connectivity index is 1.87. The highest BCUT2D eigenvalue weighted by atomic mass is 16.8. The van der Waals surface area contributed by atoms with E-state index in [2.05, 4.69) is 15.4 Å². The number of rotatable bonds is 10. The fourth-order valence-electron chi connectivity index (χ4n) is 3.24. The number of nitrogens with two attached hydrogens (primary N) is 2. The van der Waals surface area contributed by atoms with Crippen molar-refractivity contribution in [3.8, 4) is 11.5 Å². The summed E-state index contributed by atoms with van der Waals surface area (Å²) >= 11 is 0. The second kappa shape index (κ2) is 9.06. The molecule has 11 heteroatoms. The van der Waals surface area contributed by atoms with E-state index in [4.69, 9.17) is 31.6 Å². The number of nitrogens with zero attached hydrogens (tertiary/aromatic N) is 2. The van der Waals surface area contributed by atoms with Gasteiger partial charge in [0.2, 0.25) is 5.78 Å². The summed E-state index contributed by atoms with van der Waals surface area (Å²) in [7, 11) is 0. The number of carboxylic acid groups (broad SMARTS) is 1. The summed E-state index contributed by atoms with van der Waals surface area (Å²) in [4.78, 5) is 32.7. The van der Waals surface area contributed by atoms with Crippen molar-refractivity contribution in [3.05, 3.63) is 47.5 Å². The molecule has 0 saturated heterocycles. The average molecular weight is 428 g/mol. The van der Waals surface area contributed by atoms with Crippen LogP contribution in [-0.4, -0.2) is 38.6 Å². The van der Waals surface area contributed by atoms with Crippen LogP contribution in [0.1, 0.15) is 49.1 Å². The molecule has 3 rings (SSSR count). The number of aryl methyl sites for hydroxylation is 1. The summed E-state index contributed by atoms with van der Waals surface area (Å²) in [5.41, 5.74) is 8.83. The van der Waals surface area contributed by atoms with Crippen LogP contribution in [-0.2, 0) is 16.0 Å². The maximum absolute atomic E-state index is 13.5. The third kappa shape index (κ3) is 4.62. The predicted molar refractivity (Wildman–Crippen MR) is 109 cm³/mol. The van der Waals surface area contributed by atoms with Crippen molar-refractivity contribution in [2.45, 2.75) is 44.4 Å². The van der Waals surface area contributed by atoms with Crippen molar-refractivity contribution >= 4 is 17.6 Å². The van der Waals surface area contributed by atoms with E-state index in [1.165, 1.54) is 12.4 Å². The average Bonchev–Trinajstić information content (AvgIpc) is 3.15. The summed E-state index contributed by atoms with van der Waals surface area (Å²) < 4.78 is 11.6. The molecule has 0 radical (unpaired) electrons. The number of carbonyl (C=O) groups excluding carboxylic acids is 1. The number of carboxylic acids is 1. The van der Waals surface area contributed by atoms with Crippen LogP contribution in [0.15, 0.2) is 30.6 Å². The number of amidine groups is 1. The highest BCUT2D eigenvalue weighted by Gasteiger charge is 2.52. The monoisotopic (exact) mass is 428 g/mol. The van der Waals surface area contributed by atoms with Gasteiger partial charge in [-0.3, -0.25) is 20.8 Å². The number of aromatic nitrogens is 2. The molecule has 31 heavy (non-hydrogen) atoms. The highest BCUT2D eigenvalue weighted by molar-refractivity contribution is 5.94. The number of hydrogen-bond acceptors (Lipinski definition) is 9. The summed E-state index contributed by atoms with van der Waals surface area (Å²) in [6.07, 6.45) is 4.09. The molecule has 0 aliphatic carbocycles. The molecule has 2 atom stereocenters. The van der Waals surface area contributed by atoms with Crippen LogP contribution in [0.4, 0.5) is 0 Å². The maximum atomic E-state index is 13.5. The Morgan fingerprint density at radius 3 is 2.52 bits per heavy atom. The molecule has 0 spiro atoms. The Morgan fingerprint density at radius 1 is 1.26 bits per heavy atom. The minimum atomic E-state index is -1.98. The SMILES string of the molecule is CCCC(C(=O)C1(NN)Oc2ccc(CCC(=O)O)cc2O1)c1ncc(C(=N)N)cn1. The fourth-order valence-corrected chi connectivity index (χ4v) is 3.24. The number of Topliss-reactive ketones (excluding diaryl/α,β-unsaturated/α-hetero) is 1. The van der Waals surface area contributed by atoms with Crippen LogP contribution in [0.3, 0.4) is 0 Å². The van der Waals surface area contributed by atoms with Gasteiger partial charge in [-0.15, -0.1) is 0 Å². The number of carbonyl (C=O) groups is 2. The number of nitrogens with one attached hydrogen (secondary N) is 2. The number of aliphatic carboxylic acids is 1. The molecule has 2 heterocycles. The lowest BCUT2D eigenvalue weighted by Gasteiger charge is -2.28. The lowest BCUT2D eigenvalue weighted by atomic mass is 9.95. The predicted octanol–water partition coefficient (Wildman–Crippen LogP) is 0.819. The van der Waals surface area contributed by atoms with Crippen LogP contribution in [0.25, 0.3) is 0 Å². The minimum Gasteiger partial charge on any atom is -0.481 e. The largest absolute Gasteiger partial charge is 0.481 e. The zero-order valence-electron chi connectivity index (χ0n) is 16.9. The molecular weight excluding hydrogens is 404 g/mol. The number of nitrogen functional groups attached to an aromatic ring is 1. The molecule has 164 valence electrons. The fraction of sp³-hybridized carbons (Fsp3) is 0.350. The first-order valence-corrected chi connectivity index (χ1v) is 9.70. The van der Waals surface area contributed by atoms with Gasteiger partial charge in [0.15, 0.2) is 11.5 Å². The van der Waals surface area contributed by atoms with Crippen molar-refractivity contribution in [2.75, 3.05) is 0 Å². The standard InChI is InChI=1S/C20H24N6O5/c1-2-3-13(19-24-9-12(10-25-19)18(21)22)17(29)20(26-23)30-14-6-4-11(5-7-16(27)28)8-15(14)31-20/h4,6,8-10,13,26H,2-3,5,7,23H2,1H3,(H3,21,22)(H,27,28). The zero-order valence-corrected chi connectivity index (χ0v) is 16.9. The van der Waals surface area contributed by atoms with Gasteiger partial charge in [-0.2, -0.15) is 5.43 Å². The first kappa shape index (κ1) is 22.1. The molecule has 1 aromatic heterocycles. The van der Waals surface area contributed by atoms with Crippen LogP contribution < -0.4 is 26.5 Å². The Hall–Kier alpha value is -3.57. The zero-order chi connectivity index (χ0) is 22.6. The van der Waals surface area contributed by atoms with Crippen LogP contribution >= 0.6 is 0 Å². The summed E-state index contributed by atoms with van der Waals surface area (Å²) in [5, 5.41) is 16.3. The summed E-state index contributed by atoms with van der Waals surface area (Å²) in [6.45, 7) is 1.91. The minimum absolute atomic E-state index is 0.0367. The van der Waals surface area contributed by atoms with Gasteiger partial charge >= 0.3 is 11.9 Å². The molecular formula is C20H24N6O5. The van der Waals surface area contributed by atoms with E-state index in [0.29, 0.717) is 30.6 Å². The number of hydrogen-bond donors (Lipinski definition) is 5. The van der Waals surface area contributed by atoms with Gasteiger partial charge in [-0.05, 0) is 30.5 Å². The van der Waals surface area contributed by atoms with Crippen molar-refractivity contribution < 1.29 is 24.2 Å². The molecule has 1 aliphatic rings. The number of ether oxygens (including phenoxy) is 2. The lowest BCUT2D eigenvalue weighted by Crippen LogP contribution is -2.63. The van der Waals surface area contributed by atoms with E-state index in [1.54, 1.807) is 18.2 Å². The highest BCUT2D eigenvalue weighted by Crippen LogP contribution is 2.41. The van der Waals surface area contributed by atoms with E-state index in [0.717, 1.165) is 5.56 Å². The second-order valence-electron chi connectivity index (χ2n) is 7.09. The summed E-state index contributed by atoms with van der Waals surface area (Å²) in [5.74, 6) is 2.11. The Kier molecular flexibility index (Phi) is 6.47. The number of hydrazine groups is 1. The third-order valence-corrected chi connectivity index (χ3v) is 4.85. The molecule has 0 fully saturated rings. The van der Waals surface area contributed by atoms with E-state index < -0.39 is 23.6 Å². The number of benzene rings is 1. The number of ketones is 1. The van der Waals surface area contributed by atoms with Gasteiger partial charge in [0, 0.05) is 18.8 Å². The Morgan fingerprint density at radius 2 is 1.94 bits per heavy atom. The van der Waals surface area contributed by atoms with Crippen molar-refractivity contribution in [3.63, 3.8) is 0 Å². The van der Waals surface area contributed by atoms with Gasteiger partial charge in [-0.1, -0.05) is 19.4 Å². The van der Waals surface area contributed by atoms with Gasteiger partial charge in [0.25, 0.3) is 0 Å². The molecule has 0 amide bonds. The molecule has 2 unspecified atom stereocenters. The summed E-state index contributed by atoms with van der Waals surface area (Å²) in [6, 6.07) is 4.93. The Labute approximate surface area is 178 Å². The van der Waals surface area contributed by atoms with Crippen LogP contribution in [0, 0.1) is 5.41 Å². The molecule has 2 aromatic rings. The smallest absolute Gasteiger partial charge is 0.390 e. The van der Waals surface area contributed by atoms with Crippen molar-refractivity contribution in [2.24, 2.45) is 11.6 Å². The molecule has 0 bridgehead atoms. The Bertz CT molecular complexity index is 996. The van der Waals surface area contributed by atoms with E-state index >= 15 is 0 Å². The first-order chi connectivity index (χ1) is 14.8. The van der Waals surface area contributed by atoms with Gasteiger partial charge < -0.3 is 20.3 Å². The van der Waals surface area contributed by atoms with E-state index in [9.17, 15) is 9.59 Å². The third-order valence-electron chi connectivity index (χ3n) is 4.85. The van der Waals surface area contributed by atoms with Crippen LogP contribution in [0.5, 0.6) is 11.5 Å². The molecule has 7 N–H and O–H groups in total. The number of fused-ring (bicyclic) bond motifs is 1.